The maximum Gasteiger partial charge on any atom is 0.00979 e. The molecule has 0 radical (unpaired) electrons. The van der Waals surface area contributed by atoms with Crippen molar-refractivity contribution in [2.24, 2.45) is 17.8 Å². The maximum atomic E-state index is 3.75. The Hall–Kier alpha value is -0.0400. The van der Waals surface area contributed by atoms with Crippen molar-refractivity contribution in [3.05, 3.63) is 0 Å². The van der Waals surface area contributed by atoms with Crippen LogP contribution in [0.15, 0.2) is 0 Å². The van der Waals surface area contributed by atoms with Crippen LogP contribution in [0, 0.1) is 17.8 Å². The van der Waals surface area contributed by atoms with Crippen LogP contribution in [0.1, 0.15) is 59.8 Å². The third-order valence-electron chi connectivity index (χ3n) is 4.36. The Morgan fingerprint density at radius 3 is 2.33 bits per heavy atom. The van der Waals surface area contributed by atoms with Crippen molar-refractivity contribution in [1.82, 2.24) is 5.32 Å². The lowest BCUT2D eigenvalue weighted by Gasteiger charge is -2.40. The van der Waals surface area contributed by atoms with E-state index in [2.05, 4.69) is 33.0 Å². The predicted molar refractivity (Wildman–Crippen MR) is 68.0 cm³/mol. The van der Waals surface area contributed by atoms with Gasteiger partial charge in [0, 0.05) is 6.04 Å². The molecule has 0 amide bonds. The Morgan fingerprint density at radius 1 is 1.07 bits per heavy atom. The van der Waals surface area contributed by atoms with Crippen molar-refractivity contribution in [2.45, 2.75) is 65.8 Å². The molecule has 1 rings (SSSR count). The summed E-state index contributed by atoms with van der Waals surface area (Å²) < 4.78 is 0. The van der Waals surface area contributed by atoms with Gasteiger partial charge in [0.1, 0.15) is 0 Å². The van der Waals surface area contributed by atoms with E-state index >= 15 is 0 Å². The van der Waals surface area contributed by atoms with Crippen LogP contribution in [0.2, 0.25) is 0 Å². The molecule has 0 aromatic rings. The summed E-state index contributed by atoms with van der Waals surface area (Å²) in [5, 5.41) is 3.75. The Kier molecular flexibility index (Phi) is 5.66. The molecule has 1 N–H and O–H groups in total. The summed E-state index contributed by atoms with van der Waals surface area (Å²) >= 11 is 0. The van der Waals surface area contributed by atoms with Crippen molar-refractivity contribution < 1.29 is 0 Å². The van der Waals surface area contributed by atoms with Crippen LogP contribution in [0.3, 0.4) is 0 Å². The number of rotatable bonds is 5. The first-order valence-corrected chi connectivity index (χ1v) is 6.96. The van der Waals surface area contributed by atoms with Crippen LogP contribution in [-0.4, -0.2) is 12.6 Å². The minimum atomic E-state index is 0.786. The van der Waals surface area contributed by atoms with Crippen molar-refractivity contribution in [1.29, 1.82) is 0 Å². The molecular weight excluding hydrogens is 182 g/mol. The molecule has 0 bridgehead atoms. The van der Waals surface area contributed by atoms with Gasteiger partial charge in [-0.15, -0.1) is 0 Å². The zero-order valence-corrected chi connectivity index (χ0v) is 11.1. The lowest BCUT2D eigenvalue weighted by Crippen LogP contribution is -2.44. The average Bonchev–Trinajstić information content (AvgIpc) is 2.27. The first-order chi connectivity index (χ1) is 7.22. The number of nitrogens with one attached hydrogen (secondary N) is 1. The molecule has 1 aliphatic rings. The van der Waals surface area contributed by atoms with Gasteiger partial charge >= 0.3 is 0 Å². The highest BCUT2D eigenvalue weighted by molar-refractivity contribution is 4.87. The highest BCUT2D eigenvalue weighted by Gasteiger charge is 2.32. The molecule has 1 saturated carbocycles. The molecule has 0 aromatic heterocycles. The average molecular weight is 211 g/mol. The van der Waals surface area contributed by atoms with Crippen LogP contribution in [-0.2, 0) is 0 Å². The van der Waals surface area contributed by atoms with E-state index in [-0.39, 0.29) is 0 Å². The topological polar surface area (TPSA) is 12.0 Å². The number of hydrogen-bond donors (Lipinski definition) is 1. The van der Waals surface area contributed by atoms with Gasteiger partial charge in [-0.25, -0.2) is 0 Å². The van der Waals surface area contributed by atoms with Gasteiger partial charge in [0.2, 0.25) is 0 Å². The molecule has 0 aliphatic heterocycles. The summed E-state index contributed by atoms with van der Waals surface area (Å²) in [7, 11) is 0. The minimum Gasteiger partial charge on any atom is -0.314 e. The fraction of sp³-hybridized carbons (Fsp3) is 1.00. The van der Waals surface area contributed by atoms with E-state index < -0.39 is 0 Å². The quantitative estimate of drug-likeness (QED) is 0.728. The molecule has 0 spiro atoms. The lowest BCUT2D eigenvalue weighted by molar-refractivity contribution is 0.135. The van der Waals surface area contributed by atoms with E-state index in [1.807, 2.05) is 0 Å². The molecule has 0 saturated heterocycles. The second kappa shape index (κ2) is 6.52. The Labute approximate surface area is 96.0 Å². The van der Waals surface area contributed by atoms with Crippen LogP contribution < -0.4 is 5.32 Å². The fourth-order valence-electron chi connectivity index (χ4n) is 3.11. The van der Waals surface area contributed by atoms with Crippen LogP contribution >= 0.6 is 0 Å². The molecule has 0 unspecified atom stereocenters. The highest BCUT2D eigenvalue weighted by Crippen LogP contribution is 2.37. The lowest BCUT2D eigenvalue weighted by atomic mass is 9.70. The molecule has 1 nitrogen and oxygen atoms in total. The van der Waals surface area contributed by atoms with Crippen molar-refractivity contribution >= 4 is 0 Å². The molecule has 0 aromatic carbocycles. The van der Waals surface area contributed by atoms with Crippen molar-refractivity contribution in [3.8, 4) is 0 Å². The Bertz CT molecular complexity index is 167. The summed E-state index contributed by atoms with van der Waals surface area (Å²) in [6.07, 6.45) is 6.87. The zero-order chi connectivity index (χ0) is 11.3. The molecular formula is C14H29N. The van der Waals surface area contributed by atoms with Gasteiger partial charge < -0.3 is 5.32 Å². The van der Waals surface area contributed by atoms with E-state index in [1.54, 1.807) is 0 Å². The standard InChI is InChI=1S/C14H29N/c1-5-8-15-14-10-12(6-2)9-13(7-3)11(14)4/h11-15H,5-10H2,1-4H3/t11-,12+,13-,14-/m0/s1. The van der Waals surface area contributed by atoms with Crippen molar-refractivity contribution in [3.63, 3.8) is 0 Å². The molecule has 0 heterocycles. The summed E-state index contributed by atoms with van der Waals surface area (Å²) in [5.74, 6) is 2.81. The van der Waals surface area contributed by atoms with Crippen molar-refractivity contribution in [2.75, 3.05) is 6.54 Å². The van der Waals surface area contributed by atoms with Gasteiger partial charge in [-0.05, 0) is 43.6 Å². The molecule has 1 fully saturated rings. The van der Waals surface area contributed by atoms with Gasteiger partial charge in [0.25, 0.3) is 0 Å². The van der Waals surface area contributed by atoms with Gasteiger partial charge in [-0.2, -0.15) is 0 Å². The Morgan fingerprint density at radius 2 is 1.80 bits per heavy atom. The molecule has 90 valence electrons. The summed E-state index contributed by atoms with van der Waals surface area (Å²) in [6.45, 7) is 10.6. The SMILES string of the molecule is CCCN[C@H]1C[C@H](CC)C[C@H](CC)[C@@H]1C. The second-order valence-electron chi connectivity index (χ2n) is 5.33. The van der Waals surface area contributed by atoms with Gasteiger partial charge in [-0.1, -0.05) is 40.5 Å². The summed E-state index contributed by atoms with van der Waals surface area (Å²) in [6, 6.07) is 0.786. The van der Waals surface area contributed by atoms with Crippen LogP contribution in [0.5, 0.6) is 0 Å². The maximum absolute atomic E-state index is 3.75. The van der Waals surface area contributed by atoms with E-state index in [0.717, 1.165) is 23.8 Å². The van der Waals surface area contributed by atoms with Gasteiger partial charge in [-0.3, -0.25) is 0 Å². The third-order valence-corrected chi connectivity index (χ3v) is 4.36. The molecule has 4 atom stereocenters. The van der Waals surface area contributed by atoms with E-state index in [4.69, 9.17) is 0 Å². The second-order valence-corrected chi connectivity index (χ2v) is 5.33. The van der Waals surface area contributed by atoms with Gasteiger partial charge in [0.05, 0.1) is 0 Å². The zero-order valence-electron chi connectivity index (χ0n) is 11.1. The fourth-order valence-corrected chi connectivity index (χ4v) is 3.11. The minimum absolute atomic E-state index is 0.786. The summed E-state index contributed by atoms with van der Waals surface area (Å²) in [5.41, 5.74) is 0. The van der Waals surface area contributed by atoms with E-state index in [0.29, 0.717) is 0 Å². The summed E-state index contributed by atoms with van der Waals surface area (Å²) in [4.78, 5) is 0. The predicted octanol–water partition coefficient (Wildman–Crippen LogP) is 3.84. The van der Waals surface area contributed by atoms with E-state index in [9.17, 15) is 0 Å². The monoisotopic (exact) mass is 211 g/mol. The van der Waals surface area contributed by atoms with Crippen LogP contribution in [0.4, 0.5) is 0 Å². The van der Waals surface area contributed by atoms with Gasteiger partial charge in [0.15, 0.2) is 0 Å². The largest absolute Gasteiger partial charge is 0.314 e. The first kappa shape index (κ1) is 13.0. The third kappa shape index (κ3) is 3.48. The normalized spacial score (nSPS) is 36.8. The number of hydrogen-bond acceptors (Lipinski definition) is 1. The smallest absolute Gasteiger partial charge is 0.00979 e. The molecule has 1 heteroatoms. The molecule has 15 heavy (non-hydrogen) atoms. The highest BCUT2D eigenvalue weighted by atomic mass is 14.9. The van der Waals surface area contributed by atoms with E-state index in [1.165, 1.54) is 38.6 Å². The van der Waals surface area contributed by atoms with Crippen LogP contribution in [0.25, 0.3) is 0 Å². The first-order valence-electron chi connectivity index (χ1n) is 6.96. The molecule has 1 aliphatic carbocycles. The Balaban J connectivity index is 2.51.